The molecule has 0 spiro atoms. The smallest absolute Gasteiger partial charge is 0.356 e. The number of aromatic nitrogens is 1. The van der Waals surface area contributed by atoms with Crippen molar-refractivity contribution in [3.05, 3.63) is 93.2 Å². The van der Waals surface area contributed by atoms with Gasteiger partial charge in [0.05, 0.1) is 10.7 Å². The van der Waals surface area contributed by atoms with Crippen molar-refractivity contribution in [2.45, 2.75) is 25.9 Å². The van der Waals surface area contributed by atoms with E-state index in [-0.39, 0.29) is 10.7 Å². The Balaban J connectivity index is 1.74. The van der Waals surface area contributed by atoms with E-state index in [0.717, 1.165) is 47.3 Å². The monoisotopic (exact) mass is 439 g/mol. The number of carbonyl (C=O) groups is 1. The minimum atomic E-state index is -1.14. The number of aromatic carboxylic acids is 1. The summed E-state index contributed by atoms with van der Waals surface area (Å²) in [6, 6.07) is 18.9. The Hall–Kier alpha value is -2.82. The minimum absolute atomic E-state index is 0.126. The van der Waals surface area contributed by atoms with E-state index in [1.807, 2.05) is 48.5 Å². The van der Waals surface area contributed by atoms with Crippen molar-refractivity contribution in [3.63, 3.8) is 0 Å². The van der Waals surface area contributed by atoms with E-state index in [1.165, 1.54) is 0 Å². The number of pyridine rings is 1. The molecular formula is C24H19Cl2NO3. The first-order valence-electron chi connectivity index (χ1n) is 9.62. The van der Waals surface area contributed by atoms with Crippen molar-refractivity contribution in [3.8, 4) is 5.75 Å². The molecule has 152 valence electrons. The lowest BCUT2D eigenvalue weighted by Crippen LogP contribution is -2.04. The van der Waals surface area contributed by atoms with Gasteiger partial charge in [-0.05, 0) is 66.3 Å². The van der Waals surface area contributed by atoms with Gasteiger partial charge < -0.3 is 9.84 Å². The van der Waals surface area contributed by atoms with Crippen LogP contribution in [-0.4, -0.2) is 16.1 Å². The van der Waals surface area contributed by atoms with Crippen molar-refractivity contribution in [2.75, 3.05) is 0 Å². The zero-order valence-corrected chi connectivity index (χ0v) is 17.6. The molecule has 0 aliphatic heterocycles. The predicted octanol–water partition coefficient (Wildman–Crippen LogP) is 6.76. The molecule has 1 N–H and O–H groups in total. The second-order valence-electron chi connectivity index (χ2n) is 7.06. The lowest BCUT2D eigenvalue weighted by atomic mass is 9.98. The van der Waals surface area contributed by atoms with E-state index < -0.39 is 5.97 Å². The fourth-order valence-electron chi connectivity index (χ4n) is 3.68. The van der Waals surface area contributed by atoms with E-state index >= 15 is 0 Å². The molecule has 0 saturated carbocycles. The second kappa shape index (κ2) is 8.90. The molecule has 0 unspecified atom stereocenters. The molecule has 1 heterocycles. The van der Waals surface area contributed by atoms with Crippen LogP contribution in [0.25, 0.3) is 11.1 Å². The molecule has 30 heavy (non-hydrogen) atoms. The van der Waals surface area contributed by atoms with Gasteiger partial charge in [-0.2, -0.15) is 0 Å². The van der Waals surface area contributed by atoms with Gasteiger partial charge in [0.15, 0.2) is 5.69 Å². The number of halogens is 2. The third-order valence-electron chi connectivity index (χ3n) is 5.08. The first-order valence-corrected chi connectivity index (χ1v) is 10.4. The number of nitrogens with zero attached hydrogens (tertiary/aromatic N) is 1. The molecule has 0 amide bonds. The zero-order chi connectivity index (χ0) is 21.1. The topological polar surface area (TPSA) is 59.4 Å². The zero-order valence-electron chi connectivity index (χ0n) is 16.1. The van der Waals surface area contributed by atoms with Gasteiger partial charge in [-0.3, -0.25) is 0 Å². The van der Waals surface area contributed by atoms with Gasteiger partial charge in [-0.1, -0.05) is 53.5 Å². The summed E-state index contributed by atoms with van der Waals surface area (Å²) in [7, 11) is 0. The number of rotatable bonds is 6. The van der Waals surface area contributed by atoms with Gasteiger partial charge in [0.1, 0.15) is 12.4 Å². The average Bonchev–Trinajstić information content (AvgIpc) is 3.23. The molecule has 4 nitrogen and oxygen atoms in total. The summed E-state index contributed by atoms with van der Waals surface area (Å²) in [4.78, 5) is 15.8. The fourth-order valence-corrected chi connectivity index (χ4v) is 4.04. The molecule has 2 aromatic carbocycles. The number of allylic oxidation sites excluding steroid dienone is 2. The molecule has 6 heteroatoms. The highest BCUT2D eigenvalue weighted by molar-refractivity contribution is 6.33. The van der Waals surface area contributed by atoms with Crippen LogP contribution in [0.3, 0.4) is 0 Å². The van der Waals surface area contributed by atoms with Crippen LogP contribution in [-0.2, 0) is 6.61 Å². The maximum Gasteiger partial charge on any atom is 0.356 e. The van der Waals surface area contributed by atoms with Crippen LogP contribution in [0.2, 0.25) is 10.0 Å². The molecule has 4 rings (SSSR count). The Morgan fingerprint density at radius 1 is 1.00 bits per heavy atom. The summed E-state index contributed by atoms with van der Waals surface area (Å²) in [5.41, 5.74) is 4.55. The van der Waals surface area contributed by atoms with E-state index in [4.69, 9.17) is 27.9 Å². The summed E-state index contributed by atoms with van der Waals surface area (Å²) in [5, 5.41) is 10.1. The summed E-state index contributed by atoms with van der Waals surface area (Å²) >= 11 is 12.3. The summed E-state index contributed by atoms with van der Waals surface area (Å²) < 4.78 is 6.13. The summed E-state index contributed by atoms with van der Waals surface area (Å²) in [6.45, 7) is 0.445. The van der Waals surface area contributed by atoms with Gasteiger partial charge in [-0.15, -0.1) is 0 Å². The van der Waals surface area contributed by atoms with E-state index in [0.29, 0.717) is 17.3 Å². The number of hydrogen-bond acceptors (Lipinski definition) is 3. The Labute approximate surface area is 184 Å². The highest BCUT2D eigenvalue weighted by atomic mass is 35.5. The Kier molecular flexibility index (Phi) is 6.07. The van der Waals surface area contributed by atoms with Gasteiger partial charge in [0, 0.05) is 10.6 Å². The third-order valence-corrected chi connectivity index (χ3v) is 5.62. The molecule has 0 radical (unpaired) electrons. The molecule has 1 aliphatic carbocycles. The van der Waals surface area contributed by atoms with Gasteiger partial charge in [-0.25, -0.2) is 9.78 Å². The molecule has 0 fully saturated rings. The summed E-state index contributed by atoms with van der Waals surface area (Å²) in [5.74, 6) is -0.401. The maximum atomic E-state index is 11.5. The lowest BCUT2D eigenvalue weighted by Gasteiger charge is -2.15. The number of benzene rings is 2. The quantitative estimate of drug-likeness (QED) is 0.460. The van der Waals surface area contributed by atoms with Crippen molar-refractivity contribution in [1.29, 1.82) is 0 Å². The Morgan fingerprint density at radius 3 is 2.53 bits per heavy atom. The highest BCUT2D eigenvalue weighted by Gasteiger charge is 2.23. The van der Waals surface area contributed by atoms with Crippen LogP contribution >= 0.6 is 23.2 Å². The number of ether oxygens (including phenoxy) is 1. The first-order chi connectivity index (χ1) is 14.5. The van der Waals surface area contributed by atoms with Crippen molar-refractivity contribution < 1.29 is 14.6 Å². The average molecular weight is 440 g/mol. The lowest BCUT2D eigenvalue weighted by molar-refractivity contribution is 0.0690. The first kappa shape index (κ1) is 20.5. The van der Waals surface area contributed by atoms with Crippen LogP contribution < -0.4 is 4.74 Å². The van der Waals surface area contributed by atoms with Crippen LogP contribution in [0.4, 0.5) is 0 Å². The molecule has 3 aromatic rings. The second-order valence-corrected chi connectivity index (χ2v) is 7.90. The van der Waals surface area contributed by atoms with Crippen LogP contribution in [0.15, 0.2) is 60.7 Å². The summed E-state index contributed by atoms with van der Waals surface area (Å²) in [6.07, 6.45) is 2.58. The number of carboxylic acid groups (broad SMARTS) is 1. The highest BCUT2D eigenvalue weighted by Crippen LogP contribution is 2.43. The van der Waals surface area contributed by atoms with Crippen LogP contribution in [0.1, 0.15) is 46.6 Å². The molecule has 0 atom stereocenters. The standard InChI is InChI=1S/C24H19Cl2NO3/c25-16-9-12-22(30-14-15-5-2-1-3-6-15)19(13-16)17-7-4-8-18(17)21-11-10-20(26)23(27-21)24(28)29/h1-3,5-6,9-13H,4,7-8,14H2,(H,28,29). The third kappa shape index (κ3) is 4.35. The Bertz CT molecular complexity index is 1130. The fraction of sp³-hybridized carbons (Fsp3) is 0.167. The van der Waals surface area contributed by atoms with Crippen LogP contribution in [0.5, 0.6) is 5.75 Å². The SMILES string of the molecule is O=C(O)c1nc(C2=C(c3cc(Cl)ccc3OCc3ccccc3)CCC2)ccc1Cl. The number of hydrogen-bond donors (Lipinski definition) is 1. The largest absolute Gasteiger partial charge is 0.488 e. The van der Waals surface area contributed by atoms with Gasteiger partial charge in [0.25, 0.3) is 0 Å². The normalized spacial score (nSPS) is 13.5. The van der Waals surface area contributed by atoms with Crippen molar-refractivity contribution in [1.82, 2.24) is 4.98 Å². The molecule has 1 aromatic heterocycles. The van der Waals surface area contributed by atoms with E-state index in [2.05, 4.69) is 4.98 Å². The van der Waals surface area contributed by atoms with Crippen LogP contribution in [0, 0.1) is 0 Å². The molecule has 1 aliphatic rings. The predicted molar refractivity (Wildman–Crippen MR) is 119 cm³/mol. The van der Waals surface area contributed by atoms with Gasteiger partial charge >= 0.3 is 5.97 Å². The van der Waals surface area contributed by atoms with Crippen molar-refractivity contribution >= 4 is 40.3 Å². The van der Waals surface area contributed by atoms with Crippen molar-refractivity contribution in [2.24, 2.45) is 0 Å². The van der Waals surface area contributed by atoms with Gasteiger partial charge in [0.2, 0.25) is 0 Å². The van der Waals surface area contributed by atoms with E-state index in [9.17, 15) is 9.90 Å². The maximum absolute atomic E-state index is 11.5. The Morgan fingerprint density at radius 2 is 1.77 bits per heavy atom. The van der Waals surface area contributed by atoms with E-state index in [1.54, 1.807) is 12.1 Å². The molecule has 0 bridgehead atoms. The molecule has 0 saturated heterocycles. The number of carboxylic acids is 1. The minimum Gasteiger partial charge on any atom is -0.488 e. The molecular weight excluding hydrogens is 421 g/mol.